The topological polar surface area (TPSA) is 73.9 Å². The molecule has 6 nitrogen and oxygen atoms in total. The van der Waals surface area contributed by atoms with Crippen molar-refractivity contribution in [1.29, 1.82) is 0 Å². The first-order valence-corrected chi connectivity index (χ1v) is 6.89. The summed E-state index contributed by atoms with van der Waals surface area (Å²) in [6, 6.07) is 8.28. The van der Waals surface area contributed by atoms with E-state index in [0.29, 0.717) is 5.88 Å². The first kappa shape index (κ1) is 17.3. The molecule has 1 aromatic carbocycles. The third kappa shape index (κ3) is 6.97. The third-order valence-electron chi connectivity index (χ3n) is 2.50. The SMILES string of the molecule is COC(=O)[C@H](COCCCl)NC(=O)OCc1ccccc1. The van der Waals surface area contributed by atoms with Gasteiger partial charge in [0.05, 0.1) is 20.3 Å². The van der Waals surface area contributed by atoms with Crippen LogP contribution in [-0.2, 0) is 25.6 Å². The molecule has 1 aromatic rings. The Morgan fingerprint density at radius 1 is 1.29 bits per heavy atom. The maximum atomic E-state index is 11.7. The summed E-state index contributed by atoms with van der Waals surface area (Å²) < 4.78 is 14.7. The van der Waals surface area contributed by atoms with E-state index >= 15 is 0 Å². The molecule has 1 atom stereocenters. The smallest absolute Gasteiger partial charge is 0.408 e. The van der Waals surface area contributed by atoms with Crippen LogP contribution in [0.1, 0.15) is 5.56 Å². The van der Waals surface area contributed by atoms with Crippen molar-refractivity contribution in [3.05, 3.63) is 35.9 Å². The van der Waals surface area contributed by atoms with Gasteiger partial charge < -0.3 is 19.5 Å². The molecular formula is C14H18ClNO5. The molecule has 0 heterocycles. The van der Waals surface area contributed by atoms with Crippen LogP contribution < -0.4 is 5.32 Å². The Labute approximate surface area is 128 Å². The molecule has 0 saturated carbocycles. The number of alkyl carbamates (subject to hydrolysis) is 1. The van der Waals surface area contributed by atoms with Crippen LogP contribution in [0, 0.1) is 0 Å². The van der Waals surface area contributed by atoms with Crippen LogP contribution in [0.3, 0.4) is 0 Å². The number of hydrogen-bond acceptors (Lipinski definition) is 5. The van der Waals surface area contributed by atoms with Gasteiger partial charge in [-0.3, -0.25) is 0 Å². The summed E-state index contributed by atoms with van der Waals surface area (Å²) in [7, 11) is 1.23. The van der Waals surface area contributed by atoms with Crippen LogP contribution in [0.15, 0.2) is 30.3 Å². The summed E-state index contributed by atoms with van der Waals surface area (Å²) in [5.74, 6) is -0.312. The predicted molar refractivity (Wildman–Crippen MR) is 77.1 cm³/mol. The molecule has 0 fully saturated rings. The lowest BCUT2D eigenvalue weighted by Crippen LogP contribution is -2.45. The molecule has 0 unspecified atom stereocenters. The van der Waals surface area contributed by atoms with Gasteiger partial charge in [0.1, 0.15) is 6.61 Å². The number of methoxy groups -OCH3 is 1. The van der Waals surface area contributed by atoms with Gasteiger partial charge in [-0.25, -0.2) is 9.59 Å². The number of hydrogen-bond donors (Lipinski definition) is 1. The fourth-order valence-corrected chi connectivity index (χ4v) is 1.58. The summed E-state index contributed by atoms with van der Waals surface area (Å²) in [4.78, 5) is 23.2. The Balaban J connectivity index is 2.41. The quantitative estimate of drug-likeness (QED) is 0.449. The van der Waals surface area contributed by atoms with Crippen molar-refractivity contribution in [3.8, 4) is 0 Å². The van der Waals surface area contributed by atoms with Crippen LogP contribution in [0.5, 0.6) is 0 Å². The van der Waals surface area contributed by atoms with E-state index in [9.17, 15) is 9.59 Å². The van der Waals surface area contributed by atoms with Crippen molar-refractivity contribution in [1.82, 2.24) is 5.32 Å². The molecule has 0 aliphatic rings. The molecule has 116 valence electrons. The van der Waals surface area contributed by atoms with Gasteiger partial charge in [-0.2, -0.15) is 0 Å². The van der Waals surface area contributed by atoms with Crippen LogP contribution >= 0.6 is 11.6 Å². The minimum Gasteiger partial charge on any atom is -0.467 e. The molecule has 0 spiro atoms. The molecule has 1 amide bonds. The maximum absolute atomic E-state index is 11.7. The third-order valence-corrected chi connectivity index (χ3v) is 2.65. The van der Waals surface area contributed by atoms with E-state index in [4.69, 9.17) is 21.1 Å². The molecule has 0 aliphatic carbocycles. The lowest BCUT2D eigenvalue weighted by Gasteiger charge is -2.16. The van der Waals surface area contributed by atoms with Gasteiger partial charge in [-0.15, -0.1) is 11.6 Å². The number of benzene rings is 1. The van der Waals surface area contributed by atoms with E-state index in [1.165, 1.54) is 7.11 Å². The summed E-state index contributed by atoms with van der Waals surface area (Å²) in [6.07, 6.45) is -0.719. The molecule has 0 aliphatic heterocycles. The van der Waals surface area contributed by atoms with E-state index in [1.807, 2.05) is 30.3 Å². The van der Waals surface area contributed by atoms with Crippen LogP contribution in [0.4, 0.5) is 4.79 Å². The fourth-order valence-electron chi connectivity index (χ4n) is 1.47. The highest BCUT2D eigenvalue weighted by molar-refractivity contribution is 6.17. The second kappa shape index (κ2) is 10.0. The number of carbonyl (C=O) groups is 2. The summed E-state index contributed by atoms with van der Waals surface area (Å²) in [6.45, 7) is 0.360. The number of ether oxygens (including phenoxy) is 3. The minimum atomic E-state index is -0.929. The average molecular weight is 316 g/mol. The predicted octanol–water partition coefficient (Wildman–Crippen LogP) is 1.71. The Morgan fingerprint density at radius 2 is 2.00 bits per heavy atom. The molecule has 7 heteroatoms. The standard InChI is InChI=1S/C14H18ClNO5/c1-19-13(17)12(10-20-8-7-15)16-14(18)21-9-11-5-3-2-4-6-11/h2-6,12H,7-10H2,1H3,(H,16,18)/t12-/m0/s1. The molecule has 1 rings (SSSR count). The van der Waals surface area contributed by atoms with Crippen LogP contribution in [-0.4, -0.2) is 44.3 Å². The van der Waals surface area contributed by atoms with Crippen molar-refractivity contribution in [3.63, 3.8) is 0 Å². The Morgan fingerprint density at radius 3 is 2.62 bits per heavy atom. The molecule has 21 heavy (non-hydrogen) atoms. The van der Waals surface area contributed by atoms with Gasteiger partial charge in [0.2, 0.25) is 0 Å². The van der Waals surface area contributed by atoms with Crippen molar-refractivity contribution < 1.29 is 23.8 Å². The Bertz CT molecular complexity index is 440. The van der Waals surface area contributed by atoms with Gasteiger partial charge >= 0.3 is 12.1 Å². The van der Waals surface area contributed by atoms with Gasteiger partial charge in [0.25, 0.3) is 0 Å². The zero-order valence-electron chi connectivity index (χ0n) is 11.7. The van der Waals surface area contributed by atoms with E-state index in [2.05, 4.69) is 10.1 Å². The van der Waals surface area contributed by atoms with Crippen molar-refractivity contribution in [2.24, 2.45) is 0 Å². The Kier molecular flexibility index (Phi) is 8.23. The first-order chi connectivity index (χ1) is 10.2. The van der Waals surface area contributed by atoms with Crippen LogP contribution in [0.25, 0.3) is 0 Å². The molecule has 0 bridgehead atoms. The maximum Gasteiger partial charge on any atom is 0.408 e. The molecule has 1 N–H and O–H groups in total. The average Bonchev–Trinajstić information content (AvgIpc) is 2.52. The van der Waals surface area contributed by atoms with Crippen molar-refractivity contribution in [2.75, 3.05) is 26.2 Å². The van der Waals surface area contributed by atoms with E-state index < -0.39 is 18.1 Å². The second-order valence-electron chi connectivity index (χ2n) is 4.05. The van der Waals surface area contributed by atoms with Crippen molar-refractivity contribution in [2.45, 2.75) is 12.6 Å². The fraction of sp³-hybridized carbons (Fsp3) is 0.429. The monoisotopic (exact) mass is 315 g/mol. The molecular weight excluding hydrogens is 298 g/mol. The van der Waals surface area contributed by atoms with Gasteiger partial charge in [-0.05, 0) is 5.56 Å². The molecule has 0 aromatic heterocycles. The van der Waals surface area contributed by atoms with Gasteiger partial charge in [0.15, 0.2) is 6.04 Å². The second-order valence-corrected chi connectivity index (χ2v) is 4.42. The lowest BCUT2D eigenvalue weighted by atomic mass is 10.2. The summed E-state index contributed by atoms with van der Waals surface area (Å²) in [5.41, 5.74) is 0.848. The zero-order chi connectivity index (χ0) is 15.5. The number of rotatable bonds is 8. The normalized spacial score (nSPS) is 11.5. The first-order valence-electron chi connectivity index (χ1n) is 6.36. The number of amides is 1. The number of halogens is 1. The number of carbonyl (C=O) groups excluding carboxylic acids is 2. The summed E-state index contributed by atoms with van der Waals surface area (Å²) in [5, 5.41) is 2.39. The molecule has 0 saturated heterocycles. The van der Waals surface area contributed by atoms with Crippen LogP contribution in [0.2, 0.25) is 0 Å². The van der Waals surface area contributed by atoms with E-state index in [-0.39, 0.29) is 19.8 Å². The number of alkyl halides is 1. The Hall–Kier alpha value is -1.79. The minimum absolute atomic E-state index is 0.0279. The van der Waals surface area contributed by atoms with E-state index in [0.717, 1.165) is 5.56 Å². The summed E-state index contributed by atoms with van der Waals surface area (Å²) >= 11 is 5.47. The largest absolute Gasteiger partial charge is 0.467 e. The van der Waals surface area contributed by atoms with E-state index in [1.54, 1.807) is 0 Å². The van der Waals surface area contributed by atoms with Crippen molar-refractivity contribution >= 4 is 23.7 Å². The number of esters is 1. The van der Waals surface area contributed by atoms with Gasteiger partial charge in [0, 0.05) is 5.88 Å². The molecule has 0 radical (unpaired) electrons. The van der Waals surface area contributed by atoms with Gasteiger partial charge in [-0.1, -0.05) is 30.3 Å². The lowest BCUT2D eigenvalue weighted by molar-refractivity contribution is -0.144. The highest BCUT2D eigenvalue weighted by Gasteiger charge is 2.22. The number of nitrogens with one attached hydrogen (secondary N) is 1. The zero-order valence-corrected chi connectivity index (χ0v) is 12.5. The highest BCUT2D eigenvalue weighted by Crippen LogP contribution is 2.01. The highest BCUT2D eigenvalue weighted by atomic mass is 35.5.